The van der Waals surface area contributed by atoms with Gasteiger partial charge in [0, 0.05) is 11.8 Å². The smallest absolute Gasteiger partial charge is 0.367 e. The van der Waals surface area contributed by atoms with Crippen LogP contribution in [0.3, 0.4) is 0 Å². The third-order valence-electron chi connectivity index (χ3n) is 4.05. The molecule has 28 heavy (non-hydrogen) atoms. The Morgan fingerprint density at radius 1 is 1.36 bits per heavy atom. The lowest BCUT2D eigenvalue weighted by Gasteiger charge is -2.22. The van der Waals surface area contributed by atoms with Crippen molar-refractivity contribution in [3.05, 3.63) is 6.07 Å². The molecule has 2 rings (SSSR count). The van der Waals surface area contributed by atoms with E-state index in [-0.39, 0.29) is 23.8 Å². The highest BCUT2D eigenvalue weighted by molar-refractivity contribution is 8.13. The number of nitrogens with one attached hydrogen (secondary N) is 1. The van der Waals surface area contributed by atoms with Gasteiger partial charge in [0.25, 0.3) is 10.0 Å². The first-order valence-corrected chi connectivity index (χ1v) is 11.1. The van der Waals surface area contributed by atoms with Crippen LogP contribution in [-0.4, -0.2) is 67.1 Å². The highest BCUT2D eigenvalue weighted by Gasteiger charge is 2.39. The first-order chi connectivity index (χ1) is 13.3. The number of aromatic nitrogens is 2. The van der Waals surface area contributed by atoms with Gasteiger partial charge in [-0.05, 0) is 13.5 Å². The largest absolute Gasteiger partial charge is 0.481 e. The predicted molar refractivity (Wildman–Crippen MR) is 105 cm³/mol. The van der Waals surface area contributed by atoms with Crippen molar-refractivity contribution in [3.63, 3.8) is 0 Å². The number of hydrogen-bond donors (Lipinski definition) is 1. The van der Waals surface area contributed by atoms with E-state index in [1.165, 1.54) is 32.0 Å². The normalized spacial score (nSPS) is 20.4. The maximum atomic E-state index is 12.4. The third kappa shape index (κ3) is 5.75. The lowest BCUT2D eigenvalue weighted by Crippen LogP contribution is -2.36. The first kappa shape index (κ1) is 22.3. The molecule has 2 atom stereocenters. The van der Waals surface area contributed by atoms with E-state index in [1.807, 2.05) is 0 Å². The van der Waals surface area contributed by atoms with Gasteiger partial charge in [-0.3, -0.25) is 10.2 Å². The summed E-state index contributed by atoms with van der Waals surface area (Å²) in [5.74, 6) is 0.867. The summed E-state index contributed by atoms with van der Waals surface area (Å²) < 4.78 is 37.3. The molecule has 2 heterocycles. The molecule has 1 N–H and O–H groups in total. The second-order valence-electron chi connectivity index (χ2n) is 6.00. The SMILES string of the molecule is CCCCC1CSC(S(=O)(=O)N=NC(=O)Nc2nc(OC)cc(OC)n2)N1C. The molecule has 0 radical (unpaired) electrons. The molecule has 1 aromatic heterocycles. The molecule has 2 unspecified atom stereocenters. The van der Waals surface area contributed by atoms with E-state index in [0.29, 0.717) is 5.75 Å². The maximum Gasteiger partial charge on any atom is 0.367 e. The number of unbranched alkanes of at least 4 members (excludes halogenated alkanes) is 1. The number of anilines is 1. The number of ether oxygens (including phenoxy) is 2. The van der Waals surface area contributed by atoms with Gasteiger partial charge in [-0.15, -0.1) is 11.8 Å². The quantitative estimate of drug-likeness (QED) is 0.614. The minimum absolute atomic E-state index is 0.149. The van der Waals surface area contributed by atoms with Crippen LogP contribution in [-0.2, 0) is 10.0 Å². The van der Waals surface area contributed by atoms with E-state index in [1.54, 1.807) is 11.9 Å². The first-order valence-electron chi connectivity index (χ1n) is 8.59. The van der Waals surface area contributed by atoms with Gasteiger partial charge in [-0.1, -0.05) is 29.4 Å². The molecule has 11 nitrogen and oxygen atoms in total. The lowest BCUT2D eigenvalue weighted by atomic mass is 10.1. The molecule has 0 saturated carbocycles. The van der Waals surface area contributed by atoms with Gasteiger partial charge in [0.15, 0.2) is 4.71 Å². The number of rotatable bonds is 8. The Labute approximate surface area is 168 Å². The molecule has 1 saturated heterocycles. The van der Waals surface area contributed by atoms with E-state index in [2.05, 4.69) is 31.8 Å². The summed E-state index contributed by atoms with van der Waals surface area (Å²) in [5, 5.41) is 5.49. The topological polar surface area (TPSA) is 135 Å². The minimum atomic E-state index is -3.98. The van der Waals surface area contributed by atoms with Crippen LogP contribution in [0.5, 0.6) is 11.8 Å². The summed E-state index contributed by atoms with van der Waals surface area (Å²) in [6.07, 6.45) is 2.98. The Hall–Kier alpha value is -1.99. The number of carbonyl (C=O) groups excluding carboxylic acids is 1. The number of hydrogen-bond acceptors (Lipinski definition) is 9. The predicted octanol–water partition coefficient (Wildman–Crippen LogP) is 2.33. The fraction of sp³-hybridized carbons (Fsp3) is 0.667. The highest BCUT2D eigenvalue weighted by Crippen LogP contribution is 2.34. The fourth-order valence-electron chi connectivity index (χ4n) is 2.55. The van der Waals surface area contributed by atoms with Crippen LogP contribution in [0.4, 0.5) is 10.7 Å². The van der Waals surface area contributed by atoms with Crippen molar-refractivity contribution in [1.82, 2.24) is 14.9 Å². The number of nitrogens with zero attached hydrogens (tertiary/aromatic N) is 5. The number of methoxy groups -OCH3 is 2. The summed E-state index contributed by atoms with van der Waals surface area (Å²) in [5.41, 5.74) is 0. The van der Waals surface area contributed by atoms with Gasteiger partial charge < -0.3 is 9.47 Å². The number of amides is 2. The molecule has 0 bridgehead atoms. The van der Waals surface area contributed by atoms with Crippen LogP contribution >= 0.6 is 11.8 Å². The van der Waals surface area contributed by atoms with E-state index in [9.17, 15) is 13.2 Å². The van der Waals surface area contributed by atoms with Crippen LogP contribution in [0.2, 0.25) is 0 Å². The van der Waals surface area contributed by atoms with Crippen LogP contribution in [0.1, 0.15) is 26.2 Å². The molecule has 1 aromatic rings. The summed E-state index contributed by atoms with van der Waals surface area (Å²) in [6.45, 7) is 2.09. The van der Waals surface area contributed by atoms with Crippen molar-refractivity contribution in [3.8, 4) is 11.8 Å². The van der Waals surface area contributed by atoms with E-state index >= 15 is 0 Å². The second kappa shape index (κ2) is 9.98. The van der Waals surface area contributed by atoms with Gasteiger partial charge in [-0.25, -0.2) is 13.2 Å². The maximum absolute atomic E-state index is 12.4. The Bertz CT molecular complexity index is 797. The van der Waals surface area contributed by atoms with Crippen LogP contribution in [0.15, 0.2) is 15.7 Å². The Kier molecular flexibility index (Phi) is 7.95. The molecular weight excluding hydrogens is 408 g/mol. The third-order valence-corrected chi connectivity index (χ3v) is 7.53. The van der Waals surface area contributed by atoms with Crippen molar-refractivity contribution in [2.45, 2.75) is 36.9 Å². The minimum Gasteiger partial charge on any atom is -0.481 e. The molecule has 0 spiro atoms. The zero-order valence-electron chi connectivity index (χ0n) is 16.2. The Morgan fingerprint density at radius 3 is 2.57 bits per heavy atom. The lowest BCUT2D eigenvalue weighted by molar-refractivity contribution is 0.258. The standard InChI is InChI=1S/C15H24N6O5S2/c1-5-6-7-10-9-27-15(21(10)2)28(23,24)20-19-14(22)18-13-16-11(25-3)8-12(17-13)26-4/h8,10,15H,5-7,9H2,1-4H3,(H,16,17,18,22). The van der Waals surface area contributed by atoms with Crippen LogP contribution < -0.4 is 14.8 Å². The molecule has 156 valence electrons. The van der Waals surface area contributed by atoms with E-state index < -0.39 is 20.8 Å². The molecule has 2 amide bonds. The van der Waals surface area contributed by atoms with Gasteiger partial charge in [0.1, 0.15) is 0 Å². The number of thioether (sulfide) groups is 1. The Balaban J connectivity index is 2.03. The zero-order chi connectivity index (χ0) is 20.7. The number of urea groups is 1. The van der Waals surface area contributed by atoms with Crippen molar-refractivity contribution in [1.29, 1.82) is 0 Å². The molecule has 1 fully saturated rings. The second-order valence-corrected chi connectivity index (χ2v) is 9.06. The summed E-state index contributed by atoms with van der Waals surface area (Å²) in [7, 11) is 0.545. The van der Waals surface area contributed by atoms with Gasteiger partial charge >= 0.3 is 6.03 Å². The fourth-order valence-corrected chi connectivity index (χ4v) is 5.64. The zero-order valence-corrected chi connectivity index (χ0v) is 17.8. The average molecular weight is 433 g/mol. The molecule has 1 aliphatic rings. The number of carbonyl (C=O) groups is 1. The Morgan fingerprint density at radius 2 is 2.00 bits per heavy atom. The molecule has 13 heteroatoms. The average Bonchev–Trinajstić information content (AvgIpc) is 3.05. The van der Waals surface area contributed by atoms with Crippen LogP contribution in [0.25, 0.3) is 0 Å². The monoisotopic (exact) mass is 432 g/mol. The van der Waals surface area contributed by atoms with E-state index in [0.717, 1.165) is 19.3 Å². The van der Waals surface area contributed by atoms with Gasteiger partial charge in [0.05, 0.1) is 20.3 Å². The molecule has 0 aliphatic carbocycles. The van der Waals surface area contributed by atoms with Crippen molar-refractivity contribution >= 4 is 33.8 Å². The molecule has 0 aromatic carbocycles. The molecule has 1 aliphatic heterocycles. The van der Waals surface area contributed by atoms with Crippen molar-refractivity contribution in [2.24, 2.45) is 9.63 Å². The summed E-state index contributed by atoms with van der Waals surface area (Å²) >= 11 is 1.28. The van der Waals surface area contributed by atoms with Gasteiger partial charge in [-0.2, -0.15) is 9.97 Å². The highest BCUT2D eigenvalue weighted by atomic mass is 32.3. The van der Waals surface area contributed by atoms with Crippen molar-refractivity contribution < 1.29 is 22.7 Å². The summed E-state index contributed by atoms with van der Waals surface area (Å²) in [4.78, 5) is 21.5. The molecular formula is C15H24N6O5S2. The van der Waals surface area contributed by atoms with E-state index in [4.69, 9.17) is 9.47 Å². The number of sulfonamides is 1. The van der Waals surface area contributed by atoms with Crippen LogP contribution in [0, 0.1) is 0 Å². The van der Waals surface area contributed by atoms with Gasteiger partial charge in [0.2, 0.25) is 17.7 Å². The summed E-state index contributed by atoms with van der Waals surface area (Å²) in [6, 6.07) is 0.558. The van der Waals surface area contributed by atoms with Crippen molar-refractivity contribution in [2.75, 3.05) is 32.3 Å².